The van der Waals surface area contributed by atoms with Crippen molar-refractivity contribution in [2.24, 2.45) is 0 Å². The zero-order valence-corrected chi connectivity index (χ0v) is 9.33. The number of hydrogen-bond donors (Lipinski definition) is 2. The van der Waals surface area contributed by atoms with Gasteiger partial charge < -0.3 is 11.5 Å². The Balaban J connectivity index is -0.0000000325. The van der Waals surface area contributed by atoms with Crippen molar-refractivity contribution in [3.8, 4) is 0 Å². The van der Waals surface area contributed by atoms with E-state index < -0.39 is 0 Å². The maximum absolute atomic E-state index is 2.93. The van der Waals surface area contributed by atoms with Crippen molar-refractivity contribution in [3.63, 3.8) is 0 Å². The maximum atomic E-state index is 2.93. The van der Waals surface area contributed by atoms with E-state index in [-0.39, 0.29) is 6.15 Å². The fourth-order valence-electron chi connectivity index (χ4n) is 0. The molecule has 0 heterocycles. The summed E-state index contributed by atoms with van der Waals surface area (Å²) in [4.78, 5) is 0. The molecule has 0 fully saturated rings. The normalized spacial score (nSPS) is 6.00. The molecule has 0 aliphatic rings. The van der Waals surface area contributed by atoms with E-state index in [9.17, 15) is 0 Å². The summed E-state index contributed by atoms with van der Waals surface area (Å²) < 4.78 is 0. The van der Waals surface area contributed by atoms with Crippen LogP contribution in [0.4, 0.5) is 0 Å². The number of rotatable bonds is 1. The molecule has 0 aromatic carbocycles. The lowest BCUT2D eigenvalue weighted by Crippen LogP contribution is -2.01. The third kappa shape index (κ3) is 735. The summed E-state index contributed by atoms with van der Waals surface area (Å²) in [6.07, 6.45) is 2.50. The topological polar surface area (TPSA) is 47.0 Å². The lowest BCUT2D eigenvalue weighted by Gasteiger charge is -1.76. The molecule has 74 valence electrons. The lowest BCUT2D eigenvalue weighted by molar-refractivity contribution is 0.864. The van der Waals surface area contributed by atoms with Crippen LogP contribution in [-0.2, 0) is 0 Å². The minimum absolute atomic E-state index is 0. The van der Waals surface area contributed by atoms with Gasteiger partial charge in [-0.05, 0) is 13.6 Å². The minimum atomic E-state index is 0. The van der Waals surface area contributed by atoms with E-state index in [1.807, 2.05) is 7.05 Å². The third-order valence-electron chi connectivity index (χ3n) is 0.354. The van der Waals surface area contributed by atoms with Crippen LogP contribution in [0.25, 0.3) is 0 Å². The molecule has 2 heteroatoms. The summed E-state index contributed by atoms with van der Waals surface area (Å²) in [7, 11) is 1.93. The van der Waals surface area contributed by atoms with Gasteiger partial charge in [0.15, 0.2) is 0 Å². The monoisotopic (exact) mass is 164 g/mol. The summed E-state index contributed by atoms with van der Waals surface area (Å²) in [5, 5.41) is 2.93. The number of nitrogens with one attached hydrogen (secondary N) is 1. The van der Waals surface area contributed by atoms with Crippen molar-refractivity contribution in [3.05, 3.63) is 0 Å². The first-order chi connectivity index (χ1) is 4.74. The van der Waals surface area contributed by atoms with E-state index in [0.29, 0.717) is 0 Å². The molecule has 0 spiro atoms. The quantitative estimate of drug-likeness (QED) is 0.625. The van der Waals surface area contributed by atoms with Crippen LogP contribution in [0.1, 0.15) is 47.5 Å². The fraction of sp³-hybridized carbons (Fsp3) is 1.00. The standard InChI is InChI=1S/C3H9N.2C3H8.H3N/c1-3-4-2;2*1-3-2;/h4H,3H2,1-2H3;2*3H2,1-2H3;1H3. The van der Waals surface area contributed by atoms with Gasteiger partial charge in [-0.2, -0.15) is 0 Å². The smallest absolute Gasteiger partial charge is 0.00804 e. The van der Waals surface area contributed by atoms with Gasteiger partial charge in [0.1, 0.15) is 0 Å². The van der Waals surface area contributed by atoms with Gasteiger partial charge in [-0.15, -0.1) is 0 Å². The average molecular weight is 164 g/mol. The van der Waals surface area contributed by atoms with Crippen molar-refractivity contribution >= 4 is 0 Å². The van der Waals surface area contributed by atoms with Gasteiger partial charge in [0.05, 0.1) is 0 Å². The second kappa shape index (κ2) is 51.4. The van der Waals surface area contributed by atoms with Crippen LogP contribution in [-0.4, -0.2) is 13.6 Å². The van der Waals surface area contributed by atoms with Crippen LogP contribution in [0, 0.1) is 0 Å². The SMILES string of the molecule is CCC.CCC.CCNC.N. The molecule has 0 aliphatic heterocycles. The first-order valence-electron chi connectivity index (χ1n) is 4.39. The van der Waals surface area contributed by atoms with Gasteiger partial charge in [-0.1, -0.05) is 47.5 Å². The molecule has 0 unspecified atom stereocenters. The largest absolute Gasteiger partial charge is 0.344 e. The summed E-state index contributed by atoms with van der Waals surface area (Å²) in [5.74, 6) is 0. The van der Waals surface area contributed by atoms with Crippen LogP contribution >= 0.6 is 0 Å². The Bertz CT molecular complexity index is 19.5. The Morgan fingerprint density at radius 3 is 0.909 bits per heavy atom. The molecule has 0 bridgehead atoms. The summed E-state index contributed by atoms with van der Waals surface area (Å²) in [5.41, 5.74) is 0. The Kier molecular flexibility index (Phi) is 105. The molecular weight excluding hydrogens is 136 g/mol. The van der Waals surface area contributed by atoms with Gasteiger partial charge in [0, 0.05) is 0 Å². The minimum Gasteiger partial charge on any atom is -0.344 e. The highest BCUT2D eigenvalue weighted by Gasteiger charge is 1.50. The van der Waals surface area contributed by atoms with Crippen LogP contribution in [0.2, 0.25) is 0 Å². The first-order valence-corrected chi connectivity index (χ1v) is 4.39. The molecule has 0 saturated heterocycles. The first kappa shape index (κ1) is 22.4. The third-order valence-corrected chi connectivity index (χ3v) is 0.354. The Morgan fingerprint density at radius 1 is 0.818 bits per heavy atom. The highest BCUT2D eigenvalue weighted by molar-refractivity contribution is 4.15. The van der Waals surface area contributed by atoms with Crippen LogP contribution in [0.3, 0.4) is 0 Å². The molecule has 0 aromatic heterocycles. The molecule has 11 heavy (non-hydrogen) atoms. The van der Waals surface area contributed by atoms with Gasteiger partial charge in [0.2, 0.25) is 0 Å². The van der Waals surface area contributed by atoms with E-state index in [4.69, 9.17) is 0 Å². The Morgan fingerprint density at radius 2 is 0.909 bits per heavy atom. The lowest BCUT2D eigenvalue weighted by atomic mass is 10.6. The molecule has 0 saturated carbocycles. The van der Waals surface area contributed by atoms with Gasteiger partial charge in [0.25, 0.3) is 0 Å². The predicted octanol–water partition coefficient (Wildman–Crippen LogP) is 3.22. The van der Waals surface area contributed by atoms with Gasteiger partial charge in [-0.3, -0.25) is 0 Å². The second-order valence-electron chi connectivity index (χ2n) is 2.12. The van der Waals surface area contributed by atoms with Crippen LogP contribution in [0.15, 0.2) is 0 Å². The predicted molar refractivity (Wildman–Crippen MR) is 56.6 cm³/mol. The highest BCUT2D eigenvalue weighted by Crippen LogP contribution is 1.56. The maximum Gasteiger partial charge on any atom is -0.00804 e. The van der Waals surface area contributed by atoms with E-state index >= 15 is 0 Å². The molecule has 2 nitrogen and oxygen atoms in total. The molecule has 0 rings (SSSR count). The zero-order valence-electron chi connectivity index (χ0n) is 9.33. The highest BCUT2D eigenvalue weighted by atomic mass is 14.8. The van der Waals surface area contributed by atoms with Crippen molar-refractivity contribution < 1.29 is 0 Å². The summed E-state index contributed by atoms with van der Waals surface area (Å²) in [6.45, 7) is 11.6. The average Bonchev–Trinajstić information content (AvgIpc) is 1.91. The van der Waals surface area contributed by atoms with Crippen LogP contribution < -0.4 is 11.5 Å². The number of hydrogen-bond acceptors (Lipinski definition) is 2. The summed E-state index contributed by atoms with van der Waals surface area (Å²) >= 11 is 0. The van der Waals surface area contributed by atoms with E-state index in [0.717, 1.165) is 6.54 Å². The van der Waals surface area contributed by atoms with Crippen molar-refractivity contribution in [1.82, 2.24) is 11.5 Å². The zero-order chi connectivity index (χ0) is 8.83. The molecule has 0 amide bonds. The fourth-order valence-corrected chi connectivity index (χ4v) is 0. The van der Waals surface area contributed by atoms with Crippen molar-refractivity contribution in [1.29, 1.82) is 0 Å². The molecule has 0 atom stereocenters. The molecular formula is C9H28N2. The van der Waals surface area contributed by atoms with E-state index in [1.54, 1.807) is 0 Å². The second-order valence-corrected chi connectivity index (χ2v) is 2.12. The van der Waals surface area contributed by atoms with E-state index in [1.165, 1.54) is 12.8 Å². The molecule has 0 aliphatic carbocycles. The van der Waals surface area contributed by atoms with Crippen molar-refractivity contribution in [2.45, 2.75) is 47.5 Å². The molecule has 0 aromatic rings. The van der Waals surface area contributed by atoms with E-state index in [2.05, 4.69) is 39.9 Å². The van der Waals surface area contributed by atoms with Crippen LogP contribution in [0.5, 0.6) is 0 Å². The Labute approximate surface area is 73.4 Å². The van der Waals surface area contributed by atoms with Gasteiger partial charge in [-0.25, -0.2) is 0 Å². The van der Waals surface area contributed by atoms with Gasteiger partial charge >= 0.3 is 0 Å². The molecule has 0 radical (unpaired) electrons. The molecule has 4 N–H and O–H groups in total. The summed E-state index contributed by atoms with van der Waals surface area (Å²) in [6, 6.07) is 0. The van der Waals surface area contributed by atoms with Crippen molar-refractivity contribution in [2.75, 3.05) is 13.6 Å². The Hall–Kier alpha value is -0.0800.